The zero-order valence-electron chi connectivity index (χ0n) is 32.5. The van der Waals surface area contributed by atoms with Crippen molar-refractivity contribution < 1.29 is 17.1 Å². The van der Waals surface area contributed by atoms with Gasteiger partial charge in [-0.05, 0) is 118 Å². The van der Waals surface area contributed by atoms with Crippen LogP contribution in [-0.4, -0.2) is 0 Å². The molecule has 2 fully saturated rings. The predicted molar refractivity (Wildman–Crippen MR) is 201 cm³/mol. The molecule has 0 unspecified atom stereocenters. The molecule has 0 aromatic heterocycles. The SMILES string of the molecule is CC(C)(C)C1CCCC1.CC(C)(C)C1CCCC1.CC(C)(C)c1cc2ccc1CCc1ccc(c(C(C)(C)C)c1)CC2.[CH3-].[CH3-].[Fe+2]. The van der Waals surface area contributed by atoms with Gasteiger partial charge < -0.3 is 14.9 Å². The first-order valence-corrected chi connectivity index (χ1v) is 17.6. The Bertz CT molecular complexity index is 1020. The maximum atomic E-state index is 2.47. The van der Waals surface area contributed by atoms with Crippen molar-refractivity contribution in [3.63, 3.8) is 0 Å². The third kappa shape index (κ3) is 13.5. The fraction of sp³-hybridized carbons (Fsp3) is 0.682. The van der Waals surface area contributed by atoms with Crippen LogP contribution in [0, 0.1) is 37.5 Å². The summed E-state index contributed by atoms with van der Waals surface area (Å²) in [5.74, 6) is 2.02. The minimum atomic E-state index is 0. The predicted octanol–water partition coefficient (Wildman–Crippen LogP) is 13.5. The first kappa shape index (κ1) is 44.0. The molecule has 2 aromatic carbocycles. The monoisotopic (exact) mass is 659 g/mol. The largest absolute Gasteiger partial charge is 2.00 e. The average molecular weight is 659 g/mol. The van der Waals surface area contributed by atoms with Crippen molar-refractivity contribution in [2.45, 2.75) is 171 Å². The molecule has 0 N–H and O–H groups in total. The maximum absolute atomic E-state index is 2.47. The summed E-state index contributed by atoms with van der Waals surface area (Å²) in [5, 5.41) is 0. The molecule has 6 aliphatic carbocycles. The summed E-state index contributed by atoms with van der Waals surface area (Å²) in [5.41, 5.74) is 10.7. The molecule has 0 nitrogen and oxygen atoms in total. The minimum absolute atomic E-state index is 0. The van der Waals surface area contributed by atoms with Gasteiger partial charge in [-0.3, -0.25) is 0 Å². The summed E-state index contributed by atoms with van der Waals surface area (Å²) in [6.07, 6.45) is 16.3. The van der Waals surface area contributed by atoms with Crippen LogP contribution in [0.25, 0.3) is 0 Å². The van der Waals surface area contributed by atoms with Crippen LogP contribution in [0.4, 0.5) is 0 Å². The van der Waals surface area contributed by atoms with Crippen molar-refractivity contribution in [3.05, 3.63) is 84.6 Å². The average Bonchev–Trinajstić information content (AvgIpc) is 3.60. The molecule has 0 spiro atoms. The van der Waals surface area contributed by atoms with E-state index in [0.29, 0.717) is 10.8 Å². The van der Waals surface area contributed by atoms with E-state index in [-0.39, 0.29) is 42.8 Å². The molecular formula is C44H74Fe. The molecule has 6 aliphatic rings. The standard InChI is InChI=1S/C24H32.2C9H18.2CH3.Fe/c1-23(2,3)21-15-17-7-11-19(21)13-9-18-8-12-20(14-10-17)22(16-18)24(4,5)6;2*1-9(2,3)8-6-4-5-7-8;;;/h7-8,11-12,15-16H,9-10,13-14H2,1-6H3;2*8H,4-7H2,1-3H3;2*1H3;/q;;;2*-1;+2. The number of hydrogen-bond acceptors (Lipinski definition) is 0. The van der Waals surface area contributed by atoms with E-state index in [2.05, 4.69) is 119 Å². The quantitative estimate of drug-likeness (QED) is 0.195. The van der Waals surface area contributed by atoms with Gasteiger partial charge in [0.25, 0.3) is 0 Å². The van der Waals surface area contributed by atoms with Crippen LogP contribution < -0.4 is 0 Å². The van der Waals surface area contributed by atoms with Crippen molar-refractivity contribution >= 4 is 0 Å². The molecule has 0 saturated heterocycles. The van der Waals surface area contributed by atoms with E-state index in [1.165, 1.54) is 84.7 Å². The minimum Gasteiger partial charge on any atom is -0.358 e. The molecule has 8 rings (SSSR count). The van der Waals surface area contributed by atoms with E-state index in [1.54, 1.807) is 0 Å². The Kier molecular flexibility index (Phi) is 17.5. The van der Waals surface area contributed by atoms with Crippen LogP contribution in [0.2, 0.25) is 0 Å². The van der Waals surface area contributed by atoms with E-state index in [9.17, 15) is 0 Å². The molecule has 4 bridgehead atoms. The van der Waals surface area contributed by atoms with Crippen molar-refractivity contribution in [1.82, 2.24) is 0 Å². The summed E-state index contributed by atoms with van der Waals surface area (Å²) < 4.78 is 0. The molecule has 2 saturated carbocycles. The molecular weight excluding hydrogens is 584 g/mol. The number of hydrogen-bond donors (Lipinski definition) is 0. The van der Waals surface area contributed by atoms with Crippen LogP contribution in [0.3, 0.4) is 0 Å². The van der Waals surface area contributed by atoms with Gasteiger partial charge >= 0.3 is 17.1 Å². The molecule has 0 heterocycles. The summed E-state index contributed by atoms with van der Waals surface area (Å²) in [6.45, 7) is 28.2. The number of benzene rings is 2. The van der Waals surface area contributed by atoms with Gasteiger partial charge in [-0.1, -0.05) is 145 Å². The second-order valence-electron chi connectivity index (χ2n) is 18.2. The zero-order chi connectivity index (χ0) is 31.3. The van der Waals surface area contributed by atoms with E-state index < -0.39 is 0 Å². The van der Waals surface area contributed by atoms with Gasteiger partial charge in [0.1, 0.15) is 0 Å². The van der Waals surface area contributed by atoms with E-state index in [0.717, 1.165) is 37.5 Å². The zero-order valence-corrected chi connectivity index (χ0v) is 33.6. The topological polar surface area (TPSA) is 0 Å². The number of rotatable bonds is 0. The Morgan fingerprint density at radius 3 is 0.956 bits per heavy atom. The summed E-state index contributed by atoms with van der Waals surface area (Å²) in [6, 6.07) is 14.4. The molecule has 258 valence electrons. The summed E-state index contributed by atoms with van der Waals surface area (Å²) in [4.78, 5) is 0. The van der Waals surface area contributed by atoms with Gasteiger partial charge in [0, 0.05) is 0 Å². The van der Waals surface area contributed by atoms with E-state index >= 15 is 0 Å². The molecule has 0 aliphatic heterocycles. The Morgan fingerprint density at radius 2 is 0.733 bits per heavy atom. The number of aryl methyl sites for hydroxylation is 4. The third-order valence-electron chi connectivity index (χ3n) is 10.5. The van der Waals surface area contributed by atoms with Crippen LogP contribution in [0.5, 0.6) is 0 Å². The van der Waals surface area contributed by atoms with E-state index in [4.69, 9.17) is 0 Å². The molecule has 2 aromatic rings. The molecule has 0 radical (unpaired) electrons. The van der Waals surface area contributed by atoms with Gasteiger partial charge in [-0.2, -0.15) is 0 Å². The fourth-order valence-electron chi connectivity index (χ4n) is 7.53. The van der Waals surface area contributed by atoms with Gasteiger partial charge in [-0.15, -0.1) is 0 Å². The maximum Gasteiger partial charge on any atom is 2.00 e. The van der Waals surface area contributed by atoms with Crippen LogP contribution in [-0.2, 0) is 53.6 Å². The molecule has 0 amide bonds. The van der Waals surface area contributed by atoms with Crippen LogP contribution in [0.15, 0.2) is 36.4 Å². The van der Waals surface area contributed by atoms with Crippen molar-refractivity contribution in [1.29, 1.82) is 0 Å². The van der Waals surface area contributed by atoms with Crippen molar-refractivity contribution in [2.75, 3.05) is 0 Å². The molecule has 0 atom stereocenters. The second-order valence-corrected chi connectivity index (χ2v) is 18.2. The summed E-state index contributed by atoms with van der Waals surface area (Å²) >= 11 is 0. The van der Waals surface area contributed by atoms with Gasteiger partial charge in [-0.25, -0.2) is 0 Å². The van der Waals surface area contributed by atoms with Crippen LogP contribution >= 0.6 is 0 Å². The Morgan fingerprint density at radius 1 is 0.444 bits per heavy atom. The smallest absolute Gasteiger partial charge is 0.358 e. The first-order valence-electron chi connectivity index (χ1n) is 17.6. The Balaban J connectivity index is 0.000000765. The van der Waals surface area contributed by atoms with Crippen LogP contribution in [0.1, 0.15) is 168 Å². The Labute approximate surface area is 294 Å². The van der Waals surface area contributed by atoms with Gasteiger partial charge in [0.15, 0.2) is 0 Å². The molecule has 45 heavy (non-hydrogen) atoms. The normalized spacial score (nSPS) is 17.3. The second kappa shape index (κ2) is 17.9. The third-order valence-corrected chi connectivity index (χ3v) is 10.5. The summed E-state index contributed by atoms with van der Waals surface area (Å²) in [7, 11) is 0. The van der Waals surface area contributed by atoms with Crippen molar-refractivity contribution in [3.8, 4) is 0 Å². The first-order chi connectivity index (χ1) is 19.4. The van der Waals surface area contributed by atoms with E-state index in [1.807, 2.05) is 0 Å². The van der Waals surface area contributed by atoms with Gasteiger partial charge in [0.05, 0.1) is 0 Å². The van der Waals surface area contributed by atoms with Crippen molar-refractivity contribution in [2.24, 2.45) is 22.7 Å². The van der Waals surface area contributed by atoms with Gasteiger partial charge in [0.2, 0.25) is 0 Å². The Hall–Kier alpha value is -1.04. The molecule has 1 heteroatoms. The fourth-order valence-corrected chi connectivity index (χ4v) is 7.53.